The number of halogens is 1. The van der Waals surface area contributed by atoms with Gasteiger partial charge in [-0.15, -0.1) is 0 Å². The van der Waals surface area contributed by atoms with Gasteiger partial charge >= 0.3 is 7.12 Å². The first kappa shape index (κ1) is 24.6. The summed E-state index contributed by atoms with van der Waals surface area (Å²) in [5.41, 5.74) is 1.21. The van der Waals surface area contributed by atoms with E-state index >= 15 is 0 Å². The molecular formula is C25H34BFN4O3. The molecule has 2 aliphatic heterocycles. The lowest BCUT2D eigenvalue weighted by molar-refractivity contribution is -0.130. The van der Waals surface area contributed by atoms with Crippen LogP contribution in [0.15, 0.2) is 36.7 Å². The lowest BCUT2D eigenvalue weighted by Crippen LogP contribution is -2.52. The predicted molar refractivity (Wildman–Crippen MR) is 130 cm³/mol. The molecule has 2 fully saturated rings. The summed E-state index contributed by atoms with van der Waals surface area (Å²) in [4.78, 5) is 25.3. The number of carbonyl (C=O) groups excluding carboxylic acids is 1. The van der Waals surface area contributed by atoms with Crippen LogP contribution in [0, 0.1) is 11.2 Å². The third kappa shape index (κ3) is 5.58. The SMILES string of the molecule is CC1(C)CCCOB(c2ccc(N3CCN(C(=O)Cc4ccc(F)cn4)CC3)nc2)OC1(C)C. The smallest absolute Gasteiger partial charge is 0.407 e. The Bertz CT molecular complexity index is 977. The maximum absolute atomic E-state index is 13.0. The average molecular weight is 468 g/mol. The van der Waals surface area contributed by atoms with Crippen molar-refractivity contribution in [2.24, 2.45) is 5.41 Å². The second-order valence-corrected chi connectivity index (χ2v) is 10.3. The van der Waals surface area contributed by atoms with Gasteiger partial charge in [-0.1, -0.05) is 19.9 Å². The summed E-state index contributed by atoms with van der Waals surface area (Å²) in [6.07, 6.45) is 5.22. The summed E-state index contributed by atoms with van der Waals surface area (Å²) >= 11 is 0. The largest absolute Gasteiger partial charge is 0.495 e. The number of anilines is 1. The zero-order valence-electron chi connectivity index (χ0n) is 20.6. The molecule has 4 rings (SSSR count). The van der Waals surface area contributed by atoms with Crippen molar-refractivity contribution < 1.29 is 18.5 Å². The number of rotatable bonds is 4. The van der Waals surface area contributed by atoms with E-state index in [1.807, 2.05) is 23.2 Å². The van der Waals surface area contributed by atoms with Crippen LogP contribution in [0.1, 0.15) is 46.2 Å². The van der Waals surface area contributed by atoms with Gasteiger partial charge in [0.25, 0.3) is 0 Å². The van der Waals surface area contributed by atoms with Crippen LogP contribution in [0.4, 0.5) is 10.2 Å². The molecule has 4 heterocycles. The quantitative estimate of drug-likeness (QED) is 0.643. The number of carbonyl (C=O) groups is 1. The van der Waals surface area contributed by atoms with Crippen molar-refractivity contribution in [1.82, 2.24) is 14.9 Å². The fourth-order valence-corrected chi connectivity index (χ4v) is 4.32. The molecule has 9 heteroatoms. The van der Waals surface area contributed by atoms with Gasteiger partial charge < -0.3 is 19.1 Å². The maximum atomic E-state index is 13.0. The van der Waals surface area contributed by atoms with Crippen molar-refractivity contribution in [2.45, 2.75) is 52.6 Å². The Kier molecular flexibility index (Phi) is 7.24. The number of pyridine rings is 2. The van der Waals surface area contributed by atoms with E-state index in [1.54, 1.807) is 6.07 Å². The van der Waals surface area contributed by atoms with Crippen molar-refractivity contribution in [3.05, 3.63) is 48.2 Å². The minimum atomic E-state index is -0.439. The summed E-state index contributed by atoms with van der Waals surface area (Å²) in [5.74, 6) is 0.483. The lowest BCUT2D eigenvalue weighted by Gasteiger charge is -2.45. The lowest BCUT2D eigenvalue weighted by atomic mass is 9.69. The Labute approximate surface area is 201 Å². The molecule has 2 aromatic heterocycles. The van der Waals surface area contributed by atoms with Crippen LogP contribution in [-0.2, 0) is 20.5 Å². The number of nitrogens with zero attached hydrogens (tertiary/aromatic N) is 4. The van der Waals surface area contributed by atoms with E-state index in [-0.39, 0.29) is 23.3 Å². The molecule has 34 heavy (non-hydrogen) atoms. The molecule has 182 valence electrons. The highest BCUT2D eigenvalue weighted by atomic mass is 19.1. The molecule has 1 amide bonds. The molecule has 2 aliphatic rings. The molecule has 0 aliphatic carbocycles. The van der Waals surface area contributed by atoms with E-state index in [2.05, 4.69) is 42.6 Å². The molecule has 0 aromatic carbocycles. The third-order valence-corrected chi connectivity index (χ3v) is 7.37. The number of amides is 1. The van der Waals surface area contributed by atoms with E-state index in [4.69, 9.17) is 9.31 Å². The van der Waals surface area contributed by atoms with Gasteiger partial charge in [-0.3, -0.25) is 9.78 Å². The second-order valence-electron chi connectivity index (χ2n) is 10.3. The summed E-state index contributed by atoms with van der Waals surface area (Å²) < 4.78 is 25.5. The first-order chi connectivity index (χ1) is 16.1. The topological polar surface area (TPSA) is 67.8 Å². The average Bonchev–Trinajstić information content (AvgIpc) is 2.82. The van der Waals surface area contributed by atoms with Gasteiger partial charge in [-0.05, 0) is 50.3 Å². The van der Waals surface area contributed by atoms with Crippen molar-refractivity contribution in [2.75, 3.05) is 37.7 Å². The van der Waals surface area contributed by atoms with Gasteiger partial charge in [-0.25, -0.2) is 9.37 Å². The summed E-state index contributed by atoms with van der Waals surface area (Å²) in [7, 11) is -0.439. The third-order valence-electron chi connectivity index (χ3n) is 7.37. The standard InChI is InChI=1S/C25H34BFN4O3/c1-24(2)10-5-15-33-26(34-25(24,3)4)19-6-9-22(29-17-19)30-11-13-31(14-12-30)23(32)16-21-8-7-20(27)18-28-21/h6-9,17-18H,5,10-16H2,1-4H3. The Balaban J connectivity index is 1.34. The Hall–Kier alpha value is -2.52. The van der Waals surface area contributed by atoms with E-state index < -0.39 is 12.9 Å². The van der Waals surface area contributed by atoms with Gasteiger partial charge in [0.1, 0.15) is 11.6 Å². The number of aromatic nitrogens is 2. The van der Waals surface area contributed by atoms with Crippen molar-refractivity contribution in [3.8, 4) is 0 Å². The van der Waals surface area contributed by atoms with E-state index in [9.17, 15) is 9.18 Å². The predicted octanol–water partition coefficient (Wildman–Crippen LogP) is 2.83. The van der Waals surface area contributed by atoms with Gasteiger partial charge in [0.2, 0.25) is 5.91 Å². The maximum Gasteiger partial charge on any atom is 0.495 e. The molecular weight excluding hydrogens is 434 g/mol. The highest BCUT2D eigenvalue weighted by molar-refractivity contribution is 6.61. The molecule has 0 saturated carbocycles. The van der Waals surface area contributed by atoms with Crippen LogP contribution in [0.2, 0.25) is 0 Å². The fraction of sp³-hybridized carbons (Fsp3) is 0.560. The molecule has 0 atom stereocenters. The van der Waals surface area contributed by atoms with Crippen LogP contribution in [0.5, 0.6) is 0 Å². The Morgan fingerprint density at radius 1 is 1.06 bits per heavy atom. The fourth-order valence-electron chi connectivity index (χ4n) is 4.32. The molecule has 0 bridgehead atoms. The van der Waals surface area contributed by atoms with Crippen molar-refractivity contribution in [1.29, 1.82) is 0 Å². The molecule has 0 N–H and O–H groups in total. The van der Waals surface area contributed by atoms with E-state index in [0.717, 1.165) is 30.3 Å². The van der Waals surface area contributed by atoms with Gasteiger partial charge in [-0.2, -0.15) is 0 Å². The Morgan fingerprint density at radius 2 is 1.82 bits per heavy atom. The number of hydrogen-bond donors (Lipinski definition) is 0. The summed E-state index contributed by atoms with van der Waals surface area (Å²) in [6, 6.07) is 6.91. The summed E-state index contributed by atoms with van der Waals surface area (Å²) in [6.45, 7) is 12.0. The van der Waals surface area contributed by atoms with E-state index in [0.29, 0.717) is 38.5 Å². The van der Waals surface area contributed by atoms with Gasteiger partial charge in [0, 0.05) is 50.1 Å². The molecule has 7 nitrogen and oxygen atoms in total. The van der Waals surface area contributed by atoms with Crippen molar-refractivity contribution >= 4 is 24.3 Å². The monoisotopic (exact) mass is 468 g/mol. The minimum absolute atomic E-state index is 0.00573. The highest BCUT2D eigenvalue weighted by Gasteiger charge is 2.43. The zero-order chi connectivity index (χ0) is 24.3. The number of hydrogen-bond acceptors (Lipinski definition) is 6. The van der Waals surface area contributed by atoms with Crippen LogP contribution < -0.4 is 10.4 Å². The molecule has 2 aromatic rings. The van der Waals surface area contributed by atoms with E-state index in [1.165, 1.54) is 6.07 Å². The van der Waals surface area contributed by atoms with Gasteiger partial charge in [0.15, 0.2) is 0 Å². The van der Waals surface area contributed by atoms with Crippen LogP contribution in [0.25, 0.3) is 0 Å². The van der Waals surface area contributed by atoms with Gasteiger partial charge in [0.05, 0.1) is 18.2 Å². The first-order valence-corrected chi connectivity index (χ1v) is 12.0. The molecule has 0 radical (unpaired) electrons. The van der Waals surface area contributed by atoms with Crippen LogP contribution in [0.3, 0.4) is 0 Å². The highest BCUT2D eigenvalue weighted by Crippen LogP contribution is 2.39. The molecule has 0 spiro atoms. The number of piperazine rings is 1. The summed E-state index contributed by atoms with van der Waals surface area (Å²) in [5, 5.41) is 0. The molecule has 0 unspecified atom stereocenters. The first-order valence-electron chi connectivity index (χ1n) is 12.0. The zero-order valence-corrected chi connectivity index (χ0v) is 20.6. The second kappa shape index (κ2) is 10.00. The van der Waals surface area contributed by atoms with Crippen LogP contribution in [-0.4, -0.2) is 66.3 Å². The van der Waals surface area contributed by atoms with Crippen molar-refractivity contribution in [3.63, 3.8) is 0 Å². The van der Waals surface area contributed by atoms with Crippen LogP contribution >= 0.6 is 0 Å². The molecule has 2 saturated heterocycles. The minimum Gasteiger partial charge on any atom is -0.407 e. The normalized spacial score (nSPS) is 20.6. The Morgan fingerprint density at radius 3 is 2.47 bits per heavy atom.